The van der Waals surface area contributed by atoms with Crippen molar-refractivity contribution in [2.24, 2.45) is 0 Å². The lowest BCUT2D eigenvalue weighted by atomic mass is 10.1. The van der Waals surface area contributed by atoms with Gasteiger partial charge in [0.25, 0.3) is 0 Å². The maximum absolute atomic E-state index is 12.1. The van der Waals surface area contributed by atoms with Crippen LogP contribution in [0.1, 0.15) is 51.6 Å². The Morgan fingerprint density at radius 2 is 2.00 bits per heavy atom. The van der Waals surface area contributed by atoms with Crippen LogP contribution in [0, 0.1) is 6.92 Å². The highest BCUT2D eigenvalue weighted by Gasteiger charge is 2.15. The summed E-state index contributed by atoms with van der Waals surface area (Å²) in [4.78, 5) is 28.4. The lowest BCUT2D eigenvalue weighted by molar-refractivity contribution is -0.121. The Morgan fingerprint density at radius 1 is 1.30 bits per heavy atom. The molecule has 1 atom stereocenters. The predicted octanol–water partition coefficient (Wildman–Crippen LogP) is 3.35. The van der Waals surface area contributed by atoms with Crippen LogP contribution >= 0.6 is 11.3 Å². The molecular formula is C17H20N2O3S. The summed E-state index contributed by atoms with van der Waals surface area (Å²) in [6.45, 7) is 4.02. The Kier molecular flexibility index (Phi) is 5.87. The van der Waals surface area contributed by atoms with Gasteiger partial charge in [-0.15, -0.1) is 11.3 Å². The number of rotatable bonds is 7. The Bertz CT molecular complexity index is 679. The van der Waals surface area contributed by atoms with E-state index in [-0.39, 0.29) is 17.5 Å². The van der Waals surface area contributed by atoms with E-state index in [4.69, 9.17) is 5.11 Å². The minimum atomic E-state index is -0.946. The summed E-state index contributed by atoms with van der Waals surface area (Å²) in [5.41, 5.74) is 1.20. The van der Waals surface area contributed by atoms with Gasteiger partial charge in [-0.2, -0.15) is 0 Å². The third kappa shape index (κ3) is 4.89. The summed E-state index contributed by atoms with van der Waals surface area (Å²) in [5, 5.41) is 12.8. The molecule has 0 radical (unpaired) electrons. The van der Waals surface area contributed by atoms with Crippen LogP contribution in [0.25, 0.3) is 0 Å². The Balaban J connectivity index is 1.87. The molecule has 1 amide bonds. The molecule has 0 aliphatic heterocycles. The summed E-state index contributed by atoms with van der Waals surface area (Å²) in [6.07, 6.45) is 3.57. The first-order valence-electron chi connectivity index (χ1n) is 7.53. The second-order valence-electron chi connectivity index (χ2n) is 5.34. The van der Waals surface area contributed by atoms with Crippen LogP contribution < -0.4 is 5.32 Å². The molecule has 1 heterocycles. The second-order valence-corrected chi connectivity index (χ2v) is 6.61. The number of benzene rings is 1. The fourth-order valence-corrected chi connectivity index (χ4v) is 3.12. The fourth-order valence-electron chi connectivity index (χ4n) is 2.21. The van der Waals surface area contributed by atoms with Crippen molar-refractivity contribution in [1.29, 1.82) is 0 Å². The predicted molar refractivity (Wildman–Crippen MR) is 89.7 cm³/mol. The molecule has 6 heteroatoms. The number of aryl methyl sites for hydroxylation is 2. The summed E-state index contributed by atoms with van der Waals surface area (Å²) >= 11 is 1.60. The highest BCUT2D eigenvalue weighted by molar-refractivity contribution is 7.11. The molecule has 0 aliphatic carbocycles. The number of hydrogen-bond donors (Lipinski definition) is 2. The number of nitrogens with zero attached hydrogens (tertiary/aromatic N) is 1. The molecule has 2 aromatic rings. The van der Waals surface area contributed by atoms with Crippen molar-refractivity contribution in [3.63, 3.8) is 0 Å². The molecule has 0 fully saturated rings. The molecule has 0 saturated heterocycles. The van der Waals surface area contributed by atoms with Crippen molar-refractivity contribution in [2.45, 2.75) is 39.2 Å². The number of carbonyl (C=O) groups is 2. The number of carboxylic acid groups (broad SMARTS) is 1. The van der Waals surface area contributed by atoms with Gasteiger partial charge >= 0.3 is 5.97 Å². The number of nitrogens with one attached hydrogen (secondary N) is 1. The zero-order valence-electron chi connectivity index (χ0n) is 13.2. The molecular weight excluding hydrogens is 312 g/mol. The minimum absolute atomic E-state index is 0.0213. The van der Waals surface area contributed by atoms with E-state index in [1.54, 1.807) is 35.6 Å². The molecule has 122 valence electrons. The van der Waals surface area contributed by atoms with Crippen LogP contribution in [0.3, 0.4) is 0 Å². The summed E-state index contributed by atoms with van der Waals surface area (Å²) < 4.78 is 0. The van der Waals surface area contributed by atoms with Crippen LogP contribution in [0.2, 0.25) is 0 Å². The molecule has 2 rings (SSSR count). The summed E-state index contributed by atoms with van der Waals surface area (Å²) in [5.74, 6) is -0.967. The van der Waals surface area contributed by atoms with Crippen LogP contribution in [-0.4, -0.2) is 22.0 Å². The van der Waals surface area contributed by atoms with Crippen LogP contribution in [0.4, 0.5) is 0 Å². The Labute approximate surface area is 139 Å². The Hall–Kier alpha value is -2.21. The van der Waals surface area contributed by atoms with Crippen LogP contribution in [0.15, 0.2) is 30.5 Å². The van der Waals surface area contributed by atoms with E-state index < -0.39 is 5.97 Å². The van der Waals surface area contributed by atoms with E-state index in [1.807, 2.05) is 20.0 Å². The number of carboxylic acids is 1. The molecule has 1 aromatic heterocycles. The van der Waals surface area contributed by atoms with Crippen molar-refractivity contribution in [3.05, 3.63) is 51.5 Å². The zero-order chi connectivity index (χ0) is 16.8. The quantitative estimate of drug-likeness (QED) is 0.815. The second kappa shape index (κ2) is 7.87. The average molecular weight is 332 g/mol. The topological polar surface area (TPSA) is 79.3 Å². The fraction of sp³-hybridized carbons (Fsp3) is 0.353. The highest BCUT2D eigenvalue weighted by Crippen LogP contribution is 2.22. The van der Waals surface area contributed by atoms with E-state index in [9.17, 15) is 9.59 Å². The van der Waals surface area contributed by atoms with Gasteiger partial charge in [-0.1, -0.05) is 19.1 Å². The van der Waals surface area contributed by atoms with Crippen molar-refractivity contribution in [3.8, 4) is 0 Å². The van der Waals surface area contributed by atoms with Gasteiger partial charge in [-0.25, -0.2) is 9.78 Å². The van der Waals surface area contributed by atoms with Gasteiger partial charge in [0.1, 0.15) is 5.01 Å². The van der Waals surface area contributed by atoms with Crippen LogP contribution in [-0.2, 0) is 11.2 Å². The van der Waals surface area contributed by atoms with E-state index in [0.717, 1.165) is 21.9 Å². The number of hydrogen-bond acceptors (Lipinski definition) is 4. The van der Waals surface area contributed by atoms with Gasteiger partial charge < -0.3 is 10.4 Å². The average Bonchev–Trinajstić information content (AvgIpc) is 2.97. The van der Waals surface area contributed by atoms with Gasteiger partial charge in [0.2, 0.25) is 5.91 Å². The first-order valence-corrected chi connectivity index (χ1v) is 8.35. The first-order chi connectivity index (χ1) is 11.0. The first kappa shape index (κ1) is 17.1. The third-order valence-electron chi connectivity index (χ3n) is 3.52. The monoisotopic (exact) mass is 332 g/mol. The zero-order valence-corrected chi connectivity index (χ0v) is 14.0. The Morgan fingerprint density at radius 3 is 2.52 bits per heavy atom. The summed E-state index contributed by atoms with van der Waals surface area (Å²) in [7, 11) is 0. The molecule has 0 aliphatic rings. The number of carbonyl (C=O) groups excluding carboxylic acids is 1. The molecule has 2 N–H and O–H groups in total. The van der Waals surface area contributed by atoms with Crippen molar-refractivity contribution in [2.75, 3.05) is 0 Å². The maximum atomic E-state index is 12.1. The van der Waals surface area contributed by atoms with E-state index in [2.05, 4.69) is 10.3 Å². The highest BCUT2D eigenvalue weighted by atomic mass is 32.1. The van der Waals surface area contributed by atoms with E-state index in [0.29, 0.717) is 12.8 Å². The van der Waals surface area contributed by atoms with Gasteiger partial charge in [0.15, 0.2) is 0 Å². The molecule has 0 spiro atoms. The number of thiazole rings is 1. The largest absolute Gasteiger partial charge is 0.478 e. The van der Waals surface area contributed by atoms with Crippen molar-refractivity contribution in [1.82, 2.24) is 10.3 Å². The standard InChI is InChI=1S/C17H20N2O3S/c1-3-14(16-18-10-11(2)23-16)19-15(20)9-6-12-4-7-13(8-5-12)17(21)22/h4-5,7-8,10,14H,3,6,9H2,1-2H3,(H,19,20)(H,21,22)/t14-/m0/s1. The number of aromatic nitrogens is 1. The smallest absolute Gasteiger partial charge is 0.335 e. The van der Waals surface area contributed by atoms with Gasteiger partial charge in [-0.05, 0) is 37.5 Å². The SMILES string of the molecule is CC[C@H](NC(=O)CCc1ccc(C(=O)O)cc1)c1ncc(C)s1. The van der Waals surface area contributed by atoms with Gasteiger partial charge in [-0.3, -0.25) is 4.79 Å². The molecule has 0 bridgehead atoms. The molecule has 1 aromatic carbocycles. The molecule has 23 heavy (non-hydrogen) atoms. The third-order valence-corrected chi connectivity index (χ3v) is 4.55. The number of amides is 1. The lowest BCUT2D eigenvalue weighted by Crippen LogP contribution is -2.28. The van der Waals surface area contributed by atoms with Gasteiger partial charge in [0, 0.05) is 17.5 Å². The van der Waals surface area contributed by atoms with Crippen LogP contribution in [0.5, 0.6) is 0 Å². The van der Waals surface area contributed by atoms with E-state index in [1.165, 1.54) is 0 Å². The van der Waals surface area contributed by atoms with Crippen molar-refractivity contribution < 1.29 is 14.7 Å². The number of aromatic carboxylic acids is 1. The summed E-state index contributed by atoms with van der Waals surface area (Å²) in [6, 6.07) is 6.57. The van der Waals surface area contributed by atoms with E-state index >= 15 is 0 Å². The maximum Gasteiger partial charge on any atom is 0.335 e. The molecule has 0 unspecified atom stereocenters. The minimum Gasteiger partial charge on any atom is -0.478 e. The molecule has 0 saturated carbocycles. The van der Waals surface area contributed by atoms with Crippen molar-refractivity contribution >= 4 is 23.2 Å². The van der Waals surface area contributed by atoms with Gasteiger partial charge in [0.05, 0.1) is 11.6 Å². The normalized spacial score (nSPS) is 11.9. The lowest BCUT2D eigenvalue weighted by Gasteiger charge is -2.14. The molecule has 5 nitrogen and oxygen atoms in total.